The number of rotatable bonds is 2. The summed E-state index contributed by atoms with van der Waals surface area (Å²) in [5.74, 6) is 0.159. The molecule has 0 spiro atoms. The standard InChI is InChI=1S/C18H11ClN4O4/c1-21-17(24)14-8-10-7-13(23(26)27)5-6-15(10)22(16(14)20-18(21)25)12-4-2-3-11(19)9-12/h2-9H,1H3. The third-order valence-corrected chi connectivity index (χ3v) is 4.54. The molecule has 27 heavy (non-hydrogen) atoms. The second kappa shape index (κ2) is 6.03. The van der Waals surface area contributed by atoms with Gasteiger partial charge in [0.2, 0.25) is 0 Å². The van der Waals surface area contributed by atoms with Crippen LogP contribution in [-0.4, -0.2) is 19.0 Å². The molecule has 2 heterocycles. The van der Waals surface area contributed by atoms with Gasteiger partial charge in [-0.2, -0.15) is 4.98 Å². The molecule has 0 amide bonds. The molecule has 0 atom stereocenters. The summed E-state index contributed by atoms with van der Waals surface area (Å²) in [4.78, 5) is 39.4. The summed E-state index contributed by atoms with van der Waals surface area (Å²) in [6, 6.07) is 12.6. The van der Waals surface area contributed by atoms with Crippen LogP contribution in [-0.2, 0) is 7.05 Å². The van der Waals surface area contributed by atoms with Crippen molar-refractivity contribution in [1.29, 1.82) is 0 Å². The van der Waals surface area contributed by atoms with Crippen molar-refractivity contribution >= 4 is 28.2 Å². The van der Waals surface area contributed by atoms with Crippen LogP contribution in [0.25, 0.3) is 28.0 Å². The number of aromatic nitrogens is 3. The summed E-state index contributed by atoms with van der Waals surface area (Å²) in [6.07, 6.45) is 0. The van der Waals surface area contributed by atoms with Crippen molar-refractivity contribution in [2.24, 2.45) is 7.05 Å². The van der Waals surface area contributed by atoms with E-state index in [0.717, 1.165) is 4.57 Å². The summed E-state index contributed by atoms with van der Waals surface area (Å²) < 4.78 is 2.50. The molecular formula is C18H11ClN4O4. The second-order valence-corrected chi connectivity index (χ2v) is 6.39. The Labute approximate surface area is 156 Å². The van der Waals surface area contributed by atoms with E-state index in [-0.39, 0.29) is 17.1 Å². The average molecular weight is 383 g/mol. The summed E-state index contributed by atoms with van der Waals surface area (Å²) in [6.45, 7) is 0. The third-order valence-electron chi connectivity index (χ3n) is 4.31. The van der Waals surface area contributed by atoms with Gasteiger partial charge >= 0.3 is 5.69 Å². The molecule has 0 aromatic heterocycles. The first kappa shape index (κ1) is 16.9. The fourth-order valence-electron chi connectivity index (χ4n) is 3.01. The topological polar surface area (TPSA) is 100 Å². The molecule has 0 aliphatic carbocycles. The van der Waals surface area contributed by atoms with Gasteiger partial charge in [0, 0.05) is 35.3 Å². The van der Waals surface area contributed by atoms with Gasteiger partial charge in [-0.25, -0.2) is 4.79 Å². The molecular weight excluding hydrogens is 372 g/mol. The molecule has 0 saturated heterocycles. The minimum absolute atomic E-state index is 0.107. The summed E-state index contributed by atoms with van der Waals surface area (Å²) in [7, 11) is 1.33. The van der Waals surface area contributed by atoms with E-state index in [1.165, 1.54) is 25.2 Å². The molecule has 0 fully saturated rings. The van der Waals surface area contributed by atoms with Crippen molar-refractivity contribution in [1.82, 2.24) is 14.1 Å². The van der Waals surface area contributed by atoms with Crippen LogP contribution in [0, 0.1) is 10.1 Å². The van der Waals surface area contributed by atoms with Gasteiger partial charge in [0.1, 0.15) is 0 Å². The lowest BCUT2D eigenvalue weighted by Gasteiger charge is -2.18. The Morgan fingerprint density at radius 3 is 2.59 bits per heavy atom. The van der Waals surface area contributed by atoms with Crippen molar-refractivity contribution in [3.63, 3.8) is 0 Å². The van der Waals surface area contributed by atoms with Gasteiger partial charge in [-0.3, -0.25) is 24.0 Å². The summed E-state index contributed by atoms with van der Waals surface area (Å²) in [5.41, 5.74) is -0.0313. The van der Waals surface area contributed by atoms with Gasteiger partial charge in [-0.1, -0.05) is 17.7 Å². The van der Waals surface area contributed by atoms with E-state index in [1.807, 2.05) is 0 Å². The summed E-state index contributed by atoms with van der Waals surface area (Å²) >= 11 is 6.10. The highest BCUT2D eigenvalue weighted by Crippen LogP contribution is 2.30. The van der Waals surface area contributed by atoms with E-state index in [2.05, 4.69) is 4.98 Å². The Bertz CT molecular complexity index is 1330. The van der Waals surface area contributed by atoms with E-state index in [1.54, 1.807) is 34.9 Å². The Morgan fingerprint density at radius 2 is 1.89 bits per heavy atom. The van der Waals surface area contributed by atoms with Gasteiger partial charge in [0.05, 0.1) is 16.0 Å². The number of pyridine rings is 1. The van der Waals surface area contributed by atoms with E-state index in [9.17, 15) is 19.7 Å². The number of halogens is 1. The predicted octanol–water partition coefficient (Wildman–Crippen LogP) is 2.75. The first-order valence-corrected chi connectivity index (χ1v) is 8.21. The van der Waals surface area contributed by atoms with Crippen molar-refractivity contribution in [3.05, 3.63) is 84.5 Å². The lowest BCUT2D eigenvalue weighted by atomic mass is 10.1. The fraction of sp³-hybridized carbons (Fsp3) is 0.0556. The molecule has 9 heteroatoms. The lowest BCUT2D eigenvalue weighted by Crippen LogP contribution is -2.35. The normalized spacial score (nSPS) is 11.2. The number of nitro benzene ring substituents is 1. The molecule has 0 saturated carbocycles. The quantitative estimate of drug-likeness (QED) is 0.301. The largest absolute Gasteiger partial charge is 0.352 e. The molecule has 8 nitrogen and oxygen atoms in total. The minimum atomic E-state index is -0.690. The Hall–Kier alpha value is -3.52. The molecule has 2 aliphatic rings. The van der Waals surface area contributed by atoms with Crippen molar-refractivity contribution in [2.45, 2.75) is 0 Å². The zero-order chi connectivity index (χ0) is 19.3. The number of non-ortho nitro benzene ring substituents is 1. The molecule has 2 aliphatic heterocycles. The highest BCUT2D eigenvalue weighted by molar-refractivity contribution is 6.30. The van der Waals surface area contributed by atoms with Gasteiger partial charge in [0.15, 0.2) is 5.82 Å². The van der Waals surface area contributed by atoms with Crippen LogP contribution in [0.1, 0.15) is 0 Å². The van der Waals surface area contributed by atoms with Crippen molar-refractivity contribution < 1.29 is 4.92 Å². The van der Waals surface area contributed by atoms with E-state index < -0.39 is 16.2 Å². The maximum atomic E-state index is 12.6. The van der Waals surface area contributed by atoms with Crippen molar-refractivity contribution in [2.75, 3.05) is 0 Å². The average Bonchev–Trinajstić information content (AvgIpc) is 2.64. The zero-order valence-electron chi connectivity index (χ0n) is 13.9. The van der Waals surface area contributed by atoms with Crippen LogP contribution < -0.4 is 11.2 Å². The monoisotopic (exact) mass is 382 g/mol. The smallest absolute Gasteiger partial charge is 0.294 e. The lowest BCUT2D eigenvalue weighted by molar-refractivity contribution is -0.384. The Morgan fingerprint density at radius 1 is 1.11 bits per heavy atom. The van der Waals surface area contributed by atoms with Crippen LogP contribution in [0.3, 0.4) is 0 Å². The second-order valence-electron chi connectivity index (χ2n) is 5.96. The number of hydrogen-bond acceptors (Lipinski definition) is 5. The van der Waals surface area contributed by atoms with Crippen LogP contribution in [0.4, 0.5) is 5.69 Å². The fourth-order valence-corrected chi connectivity index (χ4v) is 3.19. The van der Waals surface area contributed by atoms with Crippen LogP contribution >= 0.6 is 11.6 Å². The number of nitro groups is 1. The molecule has 2 aromatic carbocycles. The molecule has 0 radical (unpaired) electrons. The highest BCUT2D eigenvalue weighted by Gasteiger charge is 2.21. The summed E-state index contributed by atoms with van der Waals surface area (Å²) in [5, 5.41) is 12.1. The van der Waals surface area contributed by atoms with E-state index in [4.69, 9.17) is 11.6 Å². The van der Waals surface area contributed by atoms with Crippen LogP contribution in [0.5, 0.6) is 0 Å². The number of hydrogen-bond donors (Lipinski definition) is 0. The van der Waals surface area contributed by atoms with Crippen molar-refractivity contribution in [3.8, 4) is 17.1 Å². The highest BCUT2D eigenvalue weighted by atomic mass is 35.5. The maximum Gasteiger partial charge on any atom is 0.352 e. The third kappa shape index (κ3) is 2.67. The van der Waals surface area contributed by atoms with Gasteiger partial charge in [0.25, 0.3) is 11.2 Å². The molecule has 134 valence electrons. The minimum Gasteiger partial charge on any atom is -0.294 e. The van der Waals surface area contributed by atoms with Crippen LogP contribution in [0.2, 0.25) is 5.02 Å². The Kier molecular flexibility index (Phi) is 3.78. The number of nitrogens with zero attached hydrogens (tertiary/aromatic N) is 4. The predicted molar refractivity (Wildman–Crippen MR) is 101 cm³/mol. The maximum absolute atomic E-state index is 12.6. The van der Waals surface area contributed by atoms with Gasteiger partial charge < -0.3 is 0 Å². The van der Waals surface area contributed by atoms with E-state index in [0.29, 0.717) is 21.6 Å². The molecule has 0 bridgehead atoms. The molecule has 4 rings (SSSR count). The number of fused-ring (bicyclic) bond motifs is 2. The Balaban J connectivity index is 2.25. The molecule has 2 aromatic rings. The zero-order valence-corrected chi connectivity index (χ0v) is 14.7. The first-order valence-electron chi connectivity index (χ1n) is 7.84. The van der Waals surface area contributed by atoms with Gasteiger partial charge in [-0.15, -0.1) is 0 Å². The van der Waals surface area contributed by atoms with Crippen LogP contribution in [0.15, 0.2) is 58.1 Å². The number of benzene rings is 2. The SMILES string of the molecule is Cn1c(=O)nc2n(-c3cccc(Cl)c3)c3ccc([N+](=O)[O-])cc3cc-2c1=O. The first-order chi connectivity index (χ1) is 12.9. The van der Waals surface area contributed by atoms with Gasteiger partial charge in [-0.05, 0) is 30.3 Å². The molecule has 0 unspecified atom stereocenters. The van der Waals surface area contributed by atoms with E-state index >= 15 is 0 Å². The molecule has 0 N–H and O–H groups in total.